The first-order chi connectivity index (χ1) is 8.24. The van der Waals surface area contributed by atoms with E-state index >= 15 is 0 Å². The Bertz CT molecular complexity index is 221. The van der Waals surface area contributed by atoms with Gasteiger partial charge in [-0.2, -0.15) is 0 Å². The summed E-state index contributed by atoms with van der Waals surface area (Å²) in [6.07, 6.45) is 6.62. The number of carbonyl (C=O) groups is 1. The van der Waals surface area contributed by atoms with Crippen molar-refractivity contribution in [2.24, 2.45) is 0 Å². The Morgan fingerprint density at radius 2 is 2.29 bits per heavy atom. The molecule has 0 saturated carbocycles. The van der Waals surface area contributed by atoms with E-state index in [1.165, 1.54) is 45.2 Å². The topological polar surface area (TPSA) is 52.6 Å². The van der Waals surface area contributed by atoms with Crippen molar-refractivity contribution in [3.63, 3.8) is 0 Å². The summed E-state index contributed by atoms with van der Waals surface area (Å²) in [6.45, 7) is 6.17. The van der Waals surface area contributed by atoms with Crippen molar-refractivity contribution in [2.45, 2.75) is 51.5 Å². The minimum atomic E-state index is -0.719. The first-order valence-corrected chi connectivity index (χ1v) is 6.90. The summed E-state index contributed by atoms with van der Waals surface area (Å²) in [7, 11) is 0. The van der Waals surface area contributed by atoms with Crippen LogP contribution in [0.4, 0.5) is 0 Å². The van der Waals surface area contributed by atoms with Crippen molar-refractivity contribution in [1.82, 2.24) is 10.2 Å². The number of unbranched alkanes of at least 4 members (excludes halogenated alkanes) is 1. The summed E-state index contributed by atoms with van der Waals surface area (Å²) >= 11 is 0. The van der Waals surface area contributed by atoms with Gasteiger partial charge in [0.15, 0.2) is 0 Å². The molecule has 1 saturated heterocycles. The molecule has 100 valence electrons. The minimum absolute atomic E-state index is 0.224. The Morgan fingerprint density at radius 3 is 3.00 bits per heavy atom. The van der Waals surface area contributed by atoms with Crippen LogP contribution in [-0.2, 0) is 4.79 Å². The van der Waals surface area contributed by atoms with E-state index in [1.54, 1.807) is 0 Å². The third kappa shape index (κ3) is 6.03. The smallest absolute Gasteiger partial charge is 0.304 e. The van der Waals surface area contributed by atoms with Gasteiger partial charge in [0.25, 0.3) is 0 Å². The normalized spacial score (nSPS) is 21.6. The molecule has 4 nitrogen and oxygen atoms in total. The van der Waals surface area contributed by atoms with Crippen LogP contribution in [0.25, 0.3) is 0 Å². The van der Waals surface area contributed by atoms with Gasteiger partial charge in [-0.25, -0.2) is 0 Å². The van der Waals surface area contributed by atoms with Crippen LogP contribution in [0.15, 0.2) is 0 Å². The molecule has 0 aromatic carbocycles. The van der Waals surface area contributed by atoms with Gasteiger partial charge < -0.3 is 10.4 Å². The third-order valence-corrected chi connectivity index (χ3v) is 3.44. The second kappa shape index (κ2) is 8.48. The summed E-state index contributed by atoms with van der Waals surface area (Å²) in [6, 6.07) is 0.615. The average molecular weight is 242 g/mol. The molecule has 1 aliphatic heterocycles. The molecule has 2 N–H and O–H groups in total. The Morgan fingerprint density at radius 1 is 1.47 bits per heavy atom. The summed E-state index contributed by atoms with van der Waals surface area (Å²) in [5.41, 5.74) is 0. The van der Waals surface area contributed by atoms with Crippen LogP contribution in [-0.4, -0.2) is 48.2 Å². The van der Waals surface area contributed by atoms with Crippen molar-refractivity contribution >= 4 is 5.97 Å². The molecule has 1 aliphatic rings. The van der Waals surface area contributed by atoms with Gasteiger partial charge in [0.05, 0.1) is 6.42 Å². The highest BCUT2D eigenvalue weighted by Gasteiger charge is 2.21. The quantitative estimate of drug-likeness (QED) is 0.636. The van der Waals surface area contributed by atoms with Crippen LogP contribution in [0.5, 0.6) is 0 Å². The zero-order valence-corrected chi connectivity index (χ0v) is 11.0. The van der Waals surface area contributed by atoms with Crippen LogP contribution in [0.1, 0.15) is 45.4 Å². The molecule has 4 heteroatoms. The molecule has 0 aliphatic carbocycles. The van der Waals surface area contributed by atoms with E-state index in [0.717, 1.165) is 6.54 Å². The summed E-state index contributed by atoms with van der Waals surface area (Å²) in [5, 5.41) is 11.8. The molecule has 1 atom stereocenters. The molecule has 0 aromatic rings. The third-order valence-electron chi connectivity index (χ3n) is 3.44. The van der Waals surface area contributed by atoms with Gasteiger partial charge in [0.2, 0.25) is 0 Å². The fourth-order valence-electron chi connectivity index (χ4n) is 2.41. The number of nitrogens with one attached hydrogen (secondary N) is 1. The SMILES string of the molecule is CCCCN1CCCCC1CNCCC(=O)O. The zero-order valence-electron chi connectivity index (χ0n) is 11.0. The Labute approximate surface area is 104 Å². The van der Waals surface area contributed by atoms with Gasteiger partial charge in [-0.05, 0) is 32.4 Å². The Balaban J connectivity index is 2.20. The molecule has 0 amide bonds. The molecule has 1 rings (SSSR count). The number of likely N-dealkylation sites (tertiary alicyclic amines) is 1. The minimum Gasteiger partial charge on any atom is -0.481 e. The Hall–Kier alpha value is -0.610. The molecular weight excluding hydrogens is 216 g/mol. The van der Waals surface area contributed by atoms with Crippen LogP contribution in [0, 0.1) is 0 Å². The zero-order chi connectivity index (χ0) is 12.5. The van der Waals surface area contributed by atoms with Crippen LogP contribution >= 0.6 is 0 Å². The highest BCUT2D eigenvalue weighted by molar-refractivity contribution is 5.66. The van der Waals surface area contributed by atoms with Gasteiger partial charge in [0, 0.05) is 19.1 Å². The lowest BCUT2D eigenvalue weighted by Gasteiger charge is -2.35. The van der Waals surface area contributed by atoms with Gasteiger partial charge in [-0.3, -0.25) is 9.69 Å². The molecule has 0 radical (unpaired) electrons. The summed E-state index contributed by atoms with van der Waals surface area (Å²) in [5.74, 6) is -0.719. The number of carboxylic acid groups (broad SMARTS) is 1. The molecule has 0 bridgehead atoms. The largest absolute Gasteiger partial charge is 0.481 e. The van der Waals surface area contributed by atoms with Crippen LogP contribution in [0.3, 0.4) is 0 Å². The van der Waals surface area contributed by atoms with Crippen LogP contribution < -0.4 is 5.32 Å². The van der Waals surface area contributed by atoms with Crippen molar-refractivity contribution in [1.29, 1.82) is 0 Å². The monoisotopic (exact) mass is 242 g/mol. The molecule has 0 spiro atoms. The maximum absolute atomic E-state index is 10.4. The predicted octanol–water partition coefficient (Wildman–Crippen LogP) is 1.71. The van der Waals surface area contributed by atoms with E-state index in [4.69, 9.17) is 5.11 Å². The van der Waals surface area contributed by atoms with E-state index in [-0.39, 0.29) is 6.42 Å². The first kappa shape index (κ1) is 14.5. The van der Waals surface area contributed by atoms with Crippen molar-refractivity contribution in [2.75, 3.05) is 26.2 Å². The predicted molar refractivity (Wildman–Crippen MR) is 69.2 cm³/mol. The highest BCUT2D eigenvalue weighted by atomic mass is 16.4. The highest BCUT2D eigenvalue weighted by Crippen LogP contribution is 2.16. The second-order valence-corrected chi connectivity index (χ2v) is 4.89. The molecule has 1 fully saturated rings. The number of aliphatic carboxylic acids is 1. The van der Waals surface area contributed by atoms with Crippen LogP contribution in [0.2, 0.25) is 0 Å². The number of carboxylic acids is 1. The standard InChI is InChI=1S/C13H26N2O2/c1-2-3-9-15-10-5-4-6-12(15)11-14-8-7-13(16)17/h12,14H,2-11H2,1H3,(H,16,17). The molecule has 17 heavy (non-hydrogen) atoms. The molecular formula is C13H26N2O2. The molecule has 1 heterocycles. The van der Waals surface area contributed by atoms with E-state index in [2.05, 4.69) is 17.1 Å². The van der Waals surface area contributed by atoms with Crippen molar-refractivity contribution < 1.29 is 9.90 Å². The fraction of sp³-hybridized carbons (Fsp3) is 0.923. The number of hydrogen-bond donors (Lipinski definition) is 2. The summed E-state index contributed by atoms with van der Waals surface area (Å²) in [4.78, 5) is 13.0. The van der Waals surface area contributed by atoms with Gasteiger partial charge in [-0.15, -0.1) is 0 Å². The van der Waals surface area contributed by atoms with Crippen molar-refractivity contribution in [3.8, 4) is 0 Å². The molecule has 0 aromatic heterocycles. The lowest BCUT2D eigenvalue weighted by atomic mass is 10.0. The van der Waals surface area contributed by atoms with E-state index in [0.29, 0.717) is 12.6 Å². The maximum Gasteiger partial charge on any atom is 0.304 e. The lowest BCUT2D eigenvalue weighted by molar-refractivity contribution is -0.136. The van der Waals surface area contributed by atoms with E-state index in [9.17, 15) is 4.79 Å². The first-order valence-electron chi connectivity index (χ1n) is 6.90. The van der Waals surface area contributed by atoms with E-state index in [1.807, 2.05) is 0 Å². The Kier molecular flexibility index (Phi) is 7.21. The number of hydrogen-bond acceptors (Lipinski definition) is 3. The number of piperidine rings is 1. The second-order valence-electron chi connectivity index (χ2n) is 4.89. The lowest BCUT2D eigenvalue weighted by Crippen LogP contribution is -2.46. The van der Waals surface area contributed by atoms with Gasteiger partial charge in [0.1, 0.15) is 0 Å². The molecule has 1 unspecified atom stereocenters. The van der Waals surface area contributed by atoms with Crippen molar-refractivity contribution in [3.05, 3.63) is 0 Å². The maximum atomic E-state index is 10.4. The van der Waals surface area contributed by atoms with Gasteiger partial charge in [-0.1, -0.05) is 19.8 Å². The summed E-state index contributed by atoms with van der Waals surface area (Å²) < 4.78 is 0. The number of nitrogens with zero attached hydrogens (tertiary/aromatic N) is 1. The van der Waals surface area contributed by atoms with E-state index < -0.39 is 5.97 Å². The van der Waals surface area contributed by atoms with Gasteiger partial charge >= 0.3 is 5.97 Å². The number of rotatable bonds is 8. The average Bonchev–Trinajstić information content (AvgIpc) is 2.33. The fourth-order valence-corrected chi connectivity index (χ4v) is 2.41.